The summed E-state index contributed by atoms with van der Waals surface area (Å²) in [5, 5.41) is 10.2. The number of allylic oxidation sites excluding steroid dienone is 4. The van der Waals surface area contributed by atoms with Gasteiger partial charge >= 0.3 is 0 Å². The molecule has 0 radical (unpaired) electrons. The Morgan fingerprint density at radius 3 is 2.68 bits per heavy atom. The van der Waals surface area contributed by atoms with E-state index in [4.69, 9.17) is 16.9 Å². The monoisotopic (exact) mass is 393 g/mol. The van der Waals surface area contributed by atoms with Crippen LogP contribution in [0.1, 0.15) is 32.3 Å². The van der Waals surface area contributed by atoms with Crippen molar-refractivity contribution in [3.05, 3.63) is 71.1 Å². The third kappa shape index (κ3) is 6.30. The topological polar surface area (TPSA) is 62.3 Å². The van der Waals surface area contributed by atoms with E-state index in [0.717, 1.165) is 27.6 Å². The zero-order valence-electron chi connectivity index (χ0n) is 16.8. The molecule has 0 fully saturated rings. The number of rotatable bonds is 10. The number of hydrogen-bond donors (Lipinski definition) is 1. The Bertz CT molecular complexity index is 865. The minimum Gasteiger partial charge on any atom is -0.497 e. The molecule has 0 heterocycles. The number of nitrogens with two attached hydrogens (primary N) is 1. The lowest BCUT2D eigenvalue weighted by Gasteiger charge is -2.30. The van der Waals surface area contributed by atoms with Crippen LogP contribution in [0.25, 0.3) is 0 Å². The summed E-state index contributed by atoms with van der Waals surface area (Å²) in [6, 6.07) is 7.56. The quantitative estimate of drug-likeness (QED) is 0.257. The van der Waals surface area contributed by atoms with Gasteiger partial charge in [-0.3, -0.25) is 0 Å². The van der Waals surface area contributed by atoms with Crippen molar-refractivity contribution in [1.29, 1.82) is 5.26 Å². The van der Waals surface area contributed by atoms with Gasteiger partial charge in [-0.1, -0.05) is 31.0 Å². The van der Waals surface area contributed by atoms with E-state index in [2.05, 4.69) is 30.0 Å². The van der Waals surface area contributed by atoms with Crippen LogP contribution in [0.15, 0.2) is 70.4 Å². The number of nitrogens with zero attached hydrogens (tertiary/aromatic N) is 2. The lowest BCUT2D eigenvalue weighted by molar-refractivity contribution is 0.413. The van der Waals surface area contributed by atoms with Crippen LogP contribution < -0.4 is 10.5 Å². The Morgan fingerprint density at radius 1 is 1.43 bits per heavy atom. The molecule has 4 nitrogen and oxygen atoms in total. The van der Waals surface area contributed by atoms with Gasteiger partial charge in [-0.05, 0) is 50.1 Å². The molecule has 0 aliphatic rings. The van der Waals surface area contributed by atoms with Gasteiger partial charge in [0, 0.05) is 29.3 Å². The second kappa shape index (κ2) is 11.6. The van der Waals surface area contributed by atoms with Crippen LogP contribution in [-0.4, -0.2) is 18.6 Å². The fourth-order valence-corrected chi connectivity index (χ4v) is 3.39. The first-order valence-electron chi connectivity index (χ1n) is 8.81. The summed E-state index contributed by atoms with van der Waals surface area (Å²) in [5.41, 5.74) is 9.17. The highest BCUT2D eigenvalue weighted by Crippen LogP contribution is 2.36. The highest BCUT2D eigenvalue weighted by molar-refractivity contribution is 8.03. The first kappa shape index (κ1) is 23.0. The number of terminal acetylenes is 1. The van der Waals surface area contributed by atoms with Gasteiger partial charge in [-0.25, -0.2) is 0 Å². The Labute approximate surface area is 173 Å². The molecule has 2 N–H and O–H groups in total. The first-order chi connectivity index (χ1) is 13.4. The molecular formula is C23H27N3OS. The molecule has 146 valence electrons. The van der Waals surface area contributed by atoms with Gasteiger partial charge < -0.3 is 15.4 Å². The summed E-state index contributed by atoms with van der Waals surface area (Å²) in [5.74, 6) is 3.35. The Balaban J connectivity index is 3.31. The molecule has 0 unspecified atom stereocenters. The van der Waals surface area contributed by atoms with Gasteiger partial charge in [0.15, 0.2) is 0 Å². The van der Waals surface area contributed by atoms with Gasteiger partial charge in [0.1, 0.15) is 11.8 Å². The molecular weight excluding hydrogens is 366 g/mol. The summed E-state index contributed by atoms with van der Waals surface area (Å²) in [6.07, 6.45) is 10.5. The molecule has 0 aliphatic heterocycles. The standard InChI is InChI=1S/C23H27N3OS/c1-7-9-10-14-26(22(11-8-2)17(3)18(4)25)19(5)28-23-15-21(27-6)13-12-20(23)16-24/h1,8,11-13,15H,2,5,9-10,14,25H2,3-4,6H3/b18-17+,22-11+. The van der Waals surface area contributed by atoms with Crippen molar-refractivity contribution in [2.24, 2.45) is 5.73 Å². The molecule has 0 bridgehead atoms. The third-order valence-electron chi connectivity index (χ3n) is 4.08. The van der Waals surface area contributed by atoms with Crippen molar-refractivity contribution >= 4 is 11.8 Å². The molecule has 5 heteroatoms. The average Bonchev–Trinajstić information content (AvgIpc) is 2.69. The van der Waals surface area contributed by atoms with Gasteiger partial charge in [0.25, 0.3) is 0 Å². The van der Waals surface area contributed by atoms with Gasteiger partial charge in [-0.2, -0.15) is 5.26 Å². The molecule has 1 aromatic carbocycles. The van der Waals surface area contributed by atoms with Crippen LogP contribution in [0.5, 0.6) is 5.75 Å². The molecule has 0 aliphatic carbocycles. The lowest BCUT2D eigenvalue weighted by Crippen LogP contribution is -2.24. The van der Waals surface area contributed by atoms with Gasteiger partial charge in [0.2, 0.25) is 0 Å². The highest BCUT2D eigenvalue weighted by Gasteiger charge is 2.18. The molecule has 1 rings (SSSR count). The van der Waals surface area contributed by atoms with Crippen LogP contribution >= 0.6 is 11.8 Å². The Kier molecular flexibility index (Phi) is 9.57. The summed E-state index contributed by atoms with van der Waals surface area (Å²) in [7, 11) is 1.60. The maximum absolute atomic E-state index is 9.44. The van der Waals surface area contributed by atoms with E-state index in [0.29, 0.717) is 30.0 Å². The number of nitriles is 1. The third-order valence-corrected chi connectivity index (χ3v) is 5.10. The normalized spacial score (nSPS) is 11.7. The van der Waals surface area contributed by atoms with Gasteiger partial charge in [0.05, 0.1) is 17.7 Å². The van der Waals surface area contributed by atoms with Crippen LogP contribution in [0.2, 0.25) is 0 Å². The fraction of sp³-hybridized carbons (Fsp3) is 0.261. The first-order valence-corrected chi connectivity index (χ1v) is 9.63. The SMILES string of the molecule is C#CCCCN(C(=C)Sc1cc(OC)ccc1C#N)C(=C/C=C)/C(C)=C(\C)N. The summed E-state index contributed by atoms with van der Waals surface area (Å²) in [4.78, 5) is 2.84. The van der Waals surface area contributed by atoms with E-state index in [9.17, 15) is 5.26 Å². The van der Waals surface area contributed by atoms with Crippen molar-refractivity contribution < 1.29 is 4.74 Å². The smallest absolute Gasteiger partial charge is 0.120 e. The Hall–Kier alpha value is -3.02. The van der Waals surface area contributed by atoms with E-state index in [1.165, 1.54) is 11.8 Å². The largest absolute Gasteiger partial charge is 0.497 e. The maximum Gasteiger partial charge on any atom is 0.120 e. The summed E-state index contributed by atoms with van der Waals surface area (Å²) >= 11 is 1.41. The van der Waals surface area contributed by atoms with Crippen molar-refractivity contribution in [2.45, 2.75) is 31.6 Å². The van der Waals surface area contributed by atoms with E-state index in [-0.39, 0.29) is 0 Å². The summed E-state index contributed by atoms with van der Waals surface area (Å²) < 4.78 is 5.29. The fourth-order valence-electron chi connectivity index (χ4n) is 2.44. The van der Waals surface area contributed by atoms with Crippen molar-refractivity contribution in [3.63, 3.8) is 0 Å². The minimum atomic E-state index is 0.562. The zero-order valence-corrected chi connectivity index (χ0v) is 17.6. The molecule has 1 aromatic rings. The van der Waals surface area contributed by atoms with E-state index >= 15 is 0 Å². The minimum absolute atomic E-state index is 0.562. The van der Waals surface area contributed by atoms with Crippen LogP contribution in [-0.2, 0) is 0 Å². The second-order valence-electron chi connectivity index (χ2n) is 6.02. The van der Waals surface area contributed by atoms with Crippen LogP contribution in [0.4, 0.5) is 0 Å². The Morgan fingerprint density at radius 2 is 2.14 bits per heavy atom. The van der Waals surface area contributed by atoms with E-state index < -0.39 is 0 Å². The molecule has 0 amide bonds. The zero-order chi connectivity index (χ0) is 21.1. The van der Waals surface area contributed by atoms with Crippen molar-refractivity contribution in [2.75, 3.05) is 13.7 Å². The number of benzene rings is 1. The predicted molar refractivity (Wildman–Crippen MR) is 118 cm³/mol. The number of unbranched alkanes of at least 4 members (excludes halogenated alkanes) is 1. The maximum atomic E-state index is 9.44. The molecule has 0 spiro atoms. The highest BCUT2D eigenvalue weighted by atomic mass is 32.2. The number of thioether (sulfide) groups is 1. The second-order valence-corrected chi connectivity index (χ2v) is 7.14. The molecule has 0 saturated carbocycles. The molecule has 0 aromatic heterocycles. The molecule has 0 atom stereocenters. The number of ether oxygens (including phenoxy) is 1. The summed E-state index contributed by atoms with van der Waals surface area (Å²) in [6.45, 7) is 12.6. The van der Waals surface area contributed by atoms with E-state index in [1.807, 2.05) is 26.0 Å². The van der Waals surface area contributed by atoms with Crippen molar-refractivity contribution in [3.8, 4) is 24.2 Å². The number of methoxy groups -OCH3 is 1. The van der Waals surface area contributed by atoms with Crippen molar-refractivity contribution in [1.82, 2.24) is 4.90 Å². The average molecular weight is 394 g/mol. The molecule has 0 saturated heterocycles. The molecule has 28 heavy (non-hydrogen) atoms. The van der Waals surface area contributed by atoms with Gasteiger partial charge in [-0.15, -0.1) is 12.3 Å². The predicted octanol–water partition coefficient (Wildman–Crippen LogP) is 5.17. The van der Waals surface area contributed by atoms with Crippen LogP contribution in [0.3, 0.4) is 0 Å². The lowest BCUT2D eigenvalue weighted by atomic mass is 10.1. The number of hydrogen-bond acceptors (Lipinski definition) is 5. The van der Waals surface area contributed by atoms with Crippen LogP contribution in [0, 0.1) is 23.7 Å². The van der Waals surface area contributed by atoms with E-state index in [1.54, 1.807) is 25.3 Å².